The molecule has 1 aliphatic rings. The molecule has 1 amide bonds. The fourth-order valence-electron chi connectivity index (χ4n) is 3.34. The first-order chi connectivity index (χ1) is 12.0. The number of fused-ring (bicyclic) bond motifs is 1. The number of rotatable bonds is 5. The van der Waals surface area contributed by atoms with Crippen LogP contribution >= 0.6 is 11.3 Å². The van der Waals surface area contributed by atoms with Gasteiger partial charge < -0.3 is 10.2 Å². The van der Waals surface area contributed by atoms with Crippen LogP contribution < -0.4 is 10.2 Å². The number of anilines is 1. The van der Waals surface area contributed by atoms with E-state index in [4.69, 9.17) is 9.97 Å². The Morgan fingerprint density at radius 1 is 1.36 bits per heavy atom. The SMILES string of the molecule is CCCNC(=O)C1CCN(c2nc(C(C)C)nc3csc(C)c23)CC1. The lowest BCUT2D eigenvalue weighted by atomic mass is 9.95. The van der Waals surface area contributed by atoms with Gasteiger partial charge in [-0.05, 0) is 26.2 Å². The van der Waals surface area contributed by atoms with Gasteiger partial charge in [-0.1, -0.05) is 20.8 Å². The van der Waals surface area contributed by atoms with Crippen molar-refractivity contribution >= 4 is 34.0 Å². The number of hydrogen-bond acceptors (Lipinski definition) is 5. The Bertz CT molecular complexity index is 747. The van der Waals surface area contributed by atoms with Crippen LogP contribution in [-0.2, 0) is 4.79 Å². The van der Waals surface area contributed by atoms with Gasteiger partial charge in [-0.3, -0.25) is 4.79 Å². The van der Waals surface area contributed by atoms with Gasteiger partial charge >= 0.3 is 0 Å². The topological polar surface area (TPSA) is 58.1 Å². The fourth-order valence-corrected chi connectivity index (χ4v) is 4.12. The van der Waals surface area contributed by atoms with Crippen LogP contribution in [0, 0.1) is 12.8 Å². The molecule has 25 heavy (non-hydrogen) atoms. The Kier molecular flexibility index (Phi) is 5.57. The lowest BCUT2D eigenvalue weighted by Crippen LogP contribution is -2.41. The zero-order chi connectivity index (χ0) is 18.0. The van der Waals surface area contributed by atoms with Crippen LogP contribution in [0.3, 0.4) is 0 Å². The van der Waals surface area contributed by atoms with Crippen molar-refractivity contribution in [2.75, 3.05) is 24.5 Å². The number of nitrogens with one attached hydrogen (secondary N) is 1. The van der Waals surface area contributed by atoms with Crippen LogP contribution in [0.25, 0.3) is 10.9 Å². The summed E-state index contributed by atoms with van der Waals surface area (Å²) in [5.74, 6) is 2.61. The normalized spacial score (nSPS) is 16.0. The van der Waals surface area contributed by atoms with Gasteiger partial charge in [-0.25, -0.2) is 9.97 Å². The monoisotopic (exact) mass is 360 g/mol. The van der Waals surface area contributed by atoms with Crippen molar-refractivity contribution in [1.82, 2.24) is 15.3 Å². The molecule has 0 spiro atoms. The van der Waals surface area contributed by atoms with Gasteiger partial charge in [-0.2, -0.15) is 0 Å². The van der Waals surface area contributed by atoms with Crippen LogP contribution in [0.5, 0.6) is 0 Å². The minimum absolute atomic E-state index is 0.133. The summed E-state index contributed by atoms with van der Waals surface area (Å²) in [6.07, 6.45) is 2.77. The highest BCUT2D eigenvalue weighted by atomic mass is 32.1. The zero-order valence-corrected chi connectivity index (χ0v) is 16.4. The molecule has 0 aromatic carbocycles. The molecule has 1 aliphatic heterocycles. The highest BCUT2D eigenvalue weighted by Crippen LogP contribution is 2.34. The molecule has 1 N–H and O–H groups in total. The fraction of sp³-hybridized carbons (Fsp3) is 0.632. The van der Waals surface area contributed by atoms with E-state index in [1.807, 2.05) is 0 Å². The average Bonchev–Trinajstić information content (AvgIpc) is 3.00. The van der Waals surface area contributed by atoms with E-state index in [1.54, 1.807) is 11.3 Å². The average molecular weight is 361 g/mol. The van der Waals surface area contributed by atoms with Crippen molar-refractivity contribution in [2.45, 2.75) is 52.9 Å². The van der Waals surface area contributed by atoms with Crippen LogP contribution in [0.1, 0.15) is 56.7 Å². The second kappa shape index (κ2) is 7.68. The smallest absolute Gasteiger partial charge is 0.223 e. The van der Waals surface area contributed by atoms with Crippen LogP contribution in [0.15, 0.2) is 5.38 Å². The minimum atomic E-state index is 0.133. The minimum Gasteiger partial charge on any atom is -0.356 e. The highest BCUT2D eigenvalue weighted by Gasteiger charge is 2.27. The summed E-state index contributed by atoms with van der Waals surface area (Å²) in [7, 11) is 0. The van der Waals surface area contributed by atoms with Crippen molar-refractivity contribution in [3.05, 3.63) is 16.1 Å². The molecule has 2 aromatic heterocycles. The Balaban J connectivity index is 1.81. The van der Waals surface area contributed by atoms with Crippen molar-refractivity contribution in [1.29, 1.82) is 0 Å². The van der Waals surface area contributed by atoms with Crippen LogP contribution in [0.2, 0.25) is 0 Å². The summed E-state index contributed by atoms with van der Waals surface area (Å²) in [6.45, 7) is 11.0. The summed E-state index contributed by atoms with van der Waals surface area (Å²) >= 11 is 1.74. The molecule has 6 heteroatoms. The van der Waals surface area contributed by atoms with Gasteiger partial charge in [0.2, 0.25) is 5.91 Å². The van der Waals surface area contributed by atoms with Crippen LogP contribution in [0.4, 0.5) is 5.82 Å². The predicted octanol–water partition coefficient (Wildman–Crippen LogP) is 3.87. The lowest BCUT2D eigenvalue weighted by molar-refractivity contribution is -0.125. The predicted molar refractivity (Wildman–Crippen MR) is 104 cm³/mol. The Labute approximate surface area is 153 Å². The number of hydrogen-bond donors (Lipinski definition) is 1. The Morgan fingerprint density at radius 2 is 2.08 bits per heavy atom. The largest absolute Gasteiger partial charge is 0.356 e. The maximum atomic E-state index is 12.2. The van der Waals surface area contributed by atoms with Crippen LogP contribution in [-0.4, -0.2) is 35.5 Å². The van der Waals surface area contributed by atoms with E-state index in [0.29, 0.717) is 5.92 Å². The van der Waals surface area contributed by atoms with Gasteiger partial charge in [0.1, 0.15) is 11.6 Å². The first kappa shape index (κ1) is 18.1. The summed E-state index contributed by atoms with van der Waals surface area (Å²) < 4.78 is 0. The Morgan fingerprint density at radius 3 is 2.72 bits per heavy atom. The van der Waals surface area contributed by atoms with E-state index in [0.717, 1.165) is 56.1 Å². The third kappa shape index (κ3) is 3.78. The van der Waals surface area contributed by atoms with Gasteiger partial charge in [-0.15, -0.1) is 11.3 Å². The first-order valence-corrected chi connectivity index (χ1v) is 10.2. The van der Waals surface area contributed by atoms with E-state index in [9.17, 15) is 4.79 Å². The summed E-state index contributed by atoms with van der Waals surface area (Å²) in [5.41, 5.74) is 1.05. The highest BCUT2D eigenvalue weighted by molar-refractivity contribution is 7.11. The number of amides is 1. The van der Waals surface area contributed by atoms with Crippen molar-refractivity contribution in [3.8, 4) is 0 Å². The first-order valence-electron chi connectivity index (χ1n) is 9.29. The summed E-state index contributed by atoms with van der Waals surface area (Å²) in [6, 6.07) is 0. The maximum Gasteiger partial charge on any atom is 0.223 e. The third-order valence-electron chi connectivity index (χ3n) is 4.87. The molecular formula is C19H28N4OS. The molecule has 5 nitrogen and oxygen atoms in total. The van der Waals surface area contributed by atoms with E-state index in [-0.39, 0.29) is 11.8 Å². The van der Waals surface area contributed by atoms with Gasteiger partial charge in [0.25, 0.3) is 0 Å². The Hall–Kier alpha value is -1.69. The molecule has 0 aliphatic carbocycles. The molecular weight excluding hydrogens is 332 g/mol. The van der Waals surface area contributed by atoms with Gasteiger partial charge in [0.15, 0.2) is 0 Å². The third-order valence-corrected chi connectivity index (χ3v) is 5.76. The molecule has 1 fully saturated rings. The van der Waals surface area contributed by atoms with E-state index in [1.165, 1.54) is 10.3 Å². The number of aromatic nitrogens is 2. The molecule has 3 heterocycles. The molecule has 0 bridgehead atoms. The molecule has 0 atom stereocenters. The van der Waals surface area contributed by atoms with Crippen molar-refractivity contribution < 1.29 is 4.79 Å². The number of nitrogens with zero attached hydrogens (tertiary/aromatic N) is 3. The zero-order valence-electron chi connectivity index (χ0n) is 15.6. The van der Waals surface area contributed by atoms with E-state index < -0.39 is 0 Å². The number of aryl methyl sites for hydroxylation is 1. The standard InChI is InChI=1S/C19H28N4OS/c1-5-8-20-19(24)14-6-9-23(10-7-14)18-16-13(4)25-11-15(16)21-17(22-18)12(2)3/h11-12,14H,5-10H2,1-4H3,(H,20,24). The molecule has 0 unspecified atom stereocenters. The molecule has 3 rings (SSSR count). The summed E-state index contributed by atoms with van der Waals surface area (Å²) in [4.78, 5) is 25.5. The van der Waals surface area contributed by atoms with E-state index >= 15 is 0 Å². The maximum absolute atomic E-state index is 12.2. The molecule has 136 valence electrons. The van der Waals surface area contributed by atoms with Crippen molar-refractivity contribution in [3.63, 3.8) is 0 Å². The number of piperidine rings is 1. The van der Waals surface area contributed by atoms with Gasteiger partial charge in [0, 0.05) is 41.7 Å². The van der Waals surface area contributed by atoms with E-state index in [2.05, 4.69) is 43.3 Å². The molecule has 2 aromatic rings. The number of thiophene rings is 1. The second-order valence-corrected chi connectivity index (χ2v) is 8.25. The summed E-state index contributed by atoms with van der Waals surface area (Å²) in [5, 5.41) is 6.35. The second-order valence-electron chi connectivity index (χ2n) is 7.16. The number of carbonyl (C=O) groups excluding carboxylic acids is 1. The number of carbonyl (C=O) groups is 1. The van der Waals surface area contributed by atoms with Crippen molar-refractivity contribution in [2.24, 2.45) is 5.92 Å². The molecule has 0 saturated carbocycles. The molecule has 1 saturated heterocycles. The quantitative estimate of drug-likeness (QED) is 0.879. The lowest BCUT2D eigenvalue weighted by Gasteiger charge is -2.33. The van der Waals surface area contributed by atoms with Gasteiger partial charge in [0.05, 0.1) is 10.9 Å². The molecule has 0 radical (unpaired) electrons.